The van der Waals surface area contributed by atoms with Gasteiger partial charge in [0.1, 0.15) is 17.5 Å². The summed E-state index contributed by atoms with van der Waals surface area (Å²) in [6, 6.07) is 5.25. The van der Waals surface area contributed by atoms with Gasteiger partial charge < -0.3 is 15.7 Å². The van der Waals surface area contributed by atoms with Gasteiger partial charge in [-0.2, -0.15) is 5.10 Å². The van der Waals surface area contributed by atoms with E-state index in [-0.39, 0.29) is 12.4 Å². The molecule has 8 heteroatoms. The van der Waals surface area contributed by atoms with Gasteiger partial charge >= 0.3 is 0 Å². The van der Waals surface area contributed by atoms with E-state index in [4.69, 9.17) is 27.3 Å². The highest BCUT2D eigenvalue weighted by molar-refractivity contribution is 9.10. The van der Waals surface area contributed by atoms with Crippen LogP contribution in [0.25, 0.3) is 0 Å². The molecule has 1 aromatic carbocycles. The van der Waals surface area contributed by atoms with Gasteiger partial charge in [-0.3, -0.25) is 4.68 Å². The third kappa shape index (κ3) is 3.30. The van der Waals surface area contributed by atoms with Crippen LogP contribution in [0.4, 0.5) is 0 Å². The van der Waals surface area contributed by atoms with Crippen molar-refractivity contribution in [2.75, 3.05) is 0 Å². The Morgan fingerprint density at radius 3 is 2.86 bits per heavy atom. The second-order valence-corrected chi connectivity index (χ2v) is 5.67. The fourth-order valence-electron chi connectivity index (χ4n) is 1.87. The summed E-state index contributed by atoms with van der Waals surface area (Å²) in [6.45, 7) is 2.10. The second-order valence-electron chi connectivity index (χ2n) is 4.39. The van der Waals surface area contributed by atoms with Crippen LogP contribution in [0.1, 0.15) is 16.8 Å². The average molecular weight is 374 g/mol. The van der Waals surface area contributed by atoms with Crippen molar-refractivity contribution in [3.8, 4) is 5.75 Å². The molecule has 0 saturated heterocycles. The van der Waals surface area contributed by atoms with Gasteiger partial charge in [-0.1, -0.05) is 32.7 Å². The molecule has 0 aliphatic rings. The number of rotatable bonds is 4. The summed E-state index contributed by atoms with van der Waals surface area (Å²) in [4.78, 5) is 0. The maximum absolute atomic E-state index is 8.84. The number of hydrogen-bond acceptors (Lipinski definition) is 4. The van der Waals surface area contributed by atoms with Crippen LogP contribution in [0.5, 0.6) is 5.75 Å². The van der Waals surface area contributed by atoms with E-state index in [1.54, 1.807) is 29.9 Å². The molecule has 0 amide bonds. The van der Waals surface area contributed by atoms with Crippen molar-refractivity contribution < 1.29 is 9.94 Å². The van der Waals surface area contributed by atoms with Gasteiger partial charge in [0.15, 0.2) is 5.84 Å². The number of amidine groups is 1. The van der Waals surface area contributed by atoms with Gasteiger partial charge in [0, 0.05) is 17.1 Å². The lowest BCUT2D eigenvalue weighted by atomic mass is 10.2. The minimum absolute atomic E-state index is 0.0275. The third-order valence-electron chi connectivity index (χ3n) is 2.97. The van der Waals surface area contributed by atoms with Crippen LogP contribution in [0.3, 0.4) is 0 Å². The lowest BCUT2D eigenvalue weighted by Crippen LogP contribution is -2.15. The second kappa shape index (κ2) is 6.36. The SMILES string of the molecule is Cc1nn(C)c(Cl)c1COc1ccc(Br)cc1/C(N)=N/O. The third-order valence-corrected chi connectivity index (χ3v) is 3.93. The summed E-state index contributed by atoms with van der Waals surface area (Å²) < 4.78 is 8.13. The molecule has 0 saturated carbocycles. The molecule has 0 atom stereocenters. The van der Waals surface area contributed by atoms with Gasteiger partial charge in [0.25, 0.3) is 0 Å². The highest BCUT2D eigenvalue weighted by atomic mass is 79.9. The molecule has 0 spiro atoms. The Morgan fingerprint density at radius 2 is 2.29 bits per heavy atom. The first kappa shape index (κ1) is 15.7. The molecular formula is C13H14BrClN4O2. The number of aryl methyl sites for hydroxylation is 2. The monoisotopic (exact) mass is 372 g/mol. The predicted molar refractivity (Wildman–Crippen MR) is 83.9 cm³/mol. The van der Waals surface area contributed by atoms with E-state index in [2.05, 4.69) is 26.2 Å². The van der Waals surface area contributed by atoms with Crippen LogP contribution in [0.15, 0.2) is 27.8 Å². The highest BCUT2D eigenvalue weighted by Gasteiger charge is 2.14. The van der Waals surface area contributed by atoms with Crippen molar-refractivity contribution in [3.05, 3.63) is 44.6 Å². The molecule has 2 rings (SSSR count). The Hall–Kier alpha value is -1.73. The van der Waals surface area contributed by atoms with Crippen LogP contribution < -0.4 is 10.5 Å². The van der Waals surface area contributed by atoms with Gasteiger partial charge in [-0.25, -0.2) is 0 Å². The smallest absolute Gasteiger partial charge is 0.173 e. The molecule has 0 radical (unpaired) electrons. The van der Waals surface area contributed by atoms with Gasteiger partial charge in [0.2, 0.25) is 0 Å². The summed E-state index contributed by atoms with van der Waals surface area (Å²) in [6.07, 6.45) is 0. The predicted octanol–water partition coefficient (Wildman–Crippen LogP) is 2.82. The van der Waals surface area contributed by atoms with Crippen molar-refractivity contribution in [1.29, 1.82) is 0 Å². The topological polar surface area (TPSA) is 85.7 Å². The summed E-state index contributed by atoms with van der Waals surface area (Å²) in [5, 5.41) is 16.6. The molecule has 0 aliphatic carbocycles. The number of oxime groups is 1. The molecule has 6 nitrogen and oxygen atoms in total. The van der Waals surface area contributed by atoms with Crippen molar-refractivity contribution in [1.82, 2.24) is 9.78 Å². The first-order valence-electron chi connectivity index (χ1n) is 6.02. The Kier molecular flexibility index (Phi) is 4.74. The van der Waals surface area contributed by atoms with E-state index < -0.39 is 0 Å². The fourth-order valence-corrected chi connectivity index (χ4v) is 2.46. The van der Waals surface area contributed by atoms with Crippen LogP contribution in [-0.4, -0.2) is 20.8 Å². The summed E-state index contributed by atoms with van der Waals surface area (Å²) >= 11 is 9.49. The molecule has 0 fully saturated rings. The molecule has 0 unspecified atom stereocenters. The van der Waals surface area contributed by atoms with Gasteiger partial charge in [-0.05, 0) is 25.1 Å². The van der Waals surface area contributed by atoms with Crippen LogP contribution >= 0.6 is 27.5 Å². The first-order chi connectivity index (χ1) is 9.93. The molecule has 21 heavy (non-hydrogen) atoms. The summed E-state index contributed by atoms with van der Waals surface area (Å²) in [7, 11) is 1.76. The van der Waals surface area contributed by atoms with Crippen LogP contribution in [0, 0.1) is 6.92 Å². The summed E-state index contributed by atoms with van der Waals surface area (Å²) in [5.41, 5.74) is 7.74. The Morgan fingerprint density at radius 1 is 1.57 bits per heavy atom. The van der Waals surface area contributed by atoms with E-state index in [1.807, 2.05) is 6.92 Å². The van der Waals surface area contributed by atoms with Gasteiger partial charge in [-0.15, -0.1) is 0 Å². The minimum atomic E-state index is -0.0275. The Balaban J connectivity index is 2.28. The van der Waals surface area contributed by atoms with E-state index in [0.29, 0.717) is 16.5 Å². The molecule has 2 aromatic rings. The number of halogens is 2. The number of benzene rings is 1. The van der Waals surface area contributed by atoms with Gasteiger partial charge in [0.05, 0.1) is 11.3 Å². The number of nitrogens with two attached hydrogens (primary N) is 1. The molecule has 112 valence electrons. The zero-order chi connectivity index (χ0) is 15.6. The lowest BCUT2D eigenvalue weighted by molar-refractivity contribution is 0.302. The first-order valence-corrected chi connectivity index (χ1v) is 7.19. The van der Waals surface area contributed by atoms with Crippen molar-refractivity contribution in [3.63, 3.8) is 0 Å². The van der Waals surface area contributed by atoms with Crippen LogP contribution in [-0.2, 0) is 13.7 Å². The standard InChI is InChI=1S/C13H14BrClN4O2/c1-7-10(12(15)19(2)17-7)6-21-11-4-3-8(14)5-9(11)13(16)18-20/h3-5,20H,6H2,1-2H3,(H2,16,18). The highest BCUT2D eigenvalue weighted by Crippen LogP contribution is 2.26. The molecule has 1 aromatic heterocycles. The van der Waals surface area contributed by atoms with Crippen molar-refractivity contribution in [2.24, 2.45) is 17.9 Å². The number of ether oxygens (including phenoxy) is 1. The summed E-state index contributed by atoms with van der Waals surface area (Å²) in [5.74, 6) is 0.466. The maximum Gasteiger partial charge on any atom is 0.173 e. The molecule has 0 aliphatic heterocycles. The zero-order valence-electron chi connectivity index (χ0n) is 11.5. The maximum atomic E-state index is 8.84. The number of nitrogens with zero attached hydrogens (tertiary/aromatic N) is 3. The number of aromatic nitrogens is 2. The molecule has 3 N–H and O–H groups in total. The lowest BCUT2D eigenvalue weighted by Gasteiger charge is -2.11. The van der Waals surface area contributed by atoms with Crippen molar-refractivity contribution >= 4 is 33.4 Å². The van der Waals surface area contributed by atoms with Crippen LogP contribution in [0.2, 0.25) is 5.15 Å². The normalized spacial score (nSPS) is 11.7. The largest absolute Gasteiger partial charge is 0.488 e. The van der Waals surface area contributed by atoms with E-state index in [0.717, 1.165) is 15.7 Å². The molecule has 1 heterocycles. The Labute approximate surface area is 135 Å². The molecule has 0 bridgehead atoms. The zero-order valence-corrected chi connectivity index (χ0v) is 13.8. The quantitative estimate of drug-likeness (QED) is 0.373. The van der Waals surface area contributed by atoms with Crippen molar-refractivity contribution in [2.45, 2.75) is 13.5 Å². The van der Waals surface area contributed by atoms with E-state index in [9.17, 15) is 0 Å². The van der Waals surface area contributed by atoms with E-state index in [1.165, 1.54) is 0 Å². The minimum Gasteiger partial charge on any atom is -0.488 e. The fraction of sp³-hybridized carbons (Fsp3) is 0.231. The molecular weight excluding hydrogens is 360 g/mol. The Bertz CT molecular complexity index is 700. The number of hydrogen-bond donors (Lipinski definition) is 2. The van der Waals surface area contributed by atoms with E-state index >= 15 is 0 Å². The average Bonchev–Trinajstić information content (AvgIpc) is 2.70.